The molecule has 1 heterocycles. The molecule has 0 spiro atoms. The lowest BCUT2D eigenvalue weighted by Crippen LogP contribution is -2.24. The Labute approximate surface area is 119 Å². The summed E-state index contributed by atoms with van der Waals surface area (Å²) in [7, 11) is 0. The first-order valence-electron chi connectivity index (χ1n) is 7.14. The van der Waals surface area contributed by atoms with E-state index in [1.807, 2.05) is 24.3 Å². The molecule has 0 amide bonds. The molecule has 102 valence electrons. The summed E-state index contributed by atoms with van der Waals surface area (Å²) in [5.41, 5.74) is 5.77. The highest BCUT2D eigenvalue weighted by atomic mass is 16.1. The zero-order valence-corrected chi connectivity index (χ0v) is 11.8. The van der Waals surface area contributed by atoms with E-state index in [-0.39, 0.29) is 5.78 Å². The quantitative estimate of drug-likeness (QED) is 0.864. The molecule has 2 aromatic rings. The summed E-state index contributed by atoms with van der Waals surface area (Å²) in [6.07, 6.45) is 1.54. The standard InChI is InChI=1S/C18H19NO/c1-13-4-2-3-5-15(13)11-18(20)16-7-6-14-8-9-19-12-17(14)10-16/h2-7,10,19H,8-9,11-12H2,1H3. The lowest BCUT2D eigenvalue weighted by atomic mass is 9.94. The van der Waals surface area contributed by atoms with Crippen LogP contribution in [0.25, 0.3) is 0 Å². The molecule has 0 fully saturated rings. The van der Waals surface area contributed by atoms with Gasteiger partial charge in [0, 0.05) is 18.5 Å². The van der Waals surface area contributed by atoms with Crippen LogP contribution in [0.3, 0.4) is 0 Å². The fourth-order valence-corrected chi connectivity index (χ4v) is 2.74. The number of benzene rings is 2. The first-order chi connectivity index (χ1) is 9.74. The Morgan fingerprint density at radius 1 is 1.15 bits per heavy atom. The van der Waals surface area contributed by atoms with Crippen molar-refractivity contribution < 1.29 is 4.79 Å². The fourth-order valence-electron chi connectivity index (χ4n) is 2.74. The Balaban J connectivity index is 1.82. The fraction of sp³-hybridized carbons (Fsp3) is 0.278. The third-order valence-corrected chi connectivity index (χ3v) is 4.03. The molecule has 0 unspecified atom stereocenters. The number of carbonyl (C=O) groups is 1. The van der Waals surface area contributed by atoms with Crippen LogP contribution in [0.5, 0.6) is 0 Å². The van der Waals surface area contributed by atoms with E-state index in [4.69, 9.17) is 0 Å². The topological polar surface area (TPSA) is 29.1 Å². The third-order valence-electron chi connectivity index (χ3n) is 4.03. The summed E-state index contributed by atoms with van der Waals surface area (Å²) < 4.78 is 0. The number of aryl methyl sites for hydroxylation is 1. The summed E-state index contributed by atoms with van der Waals surface area (Å²) in [6.45, 7) is 3.96. The monoisotopic (exact) mass is 265 g/mol. The Hall–Kier alpha value is -1.93. The predicted octanol–water partition coefficient (Wildman–Crippen LogP) is 3.07. The van der Waals surface area contributed by atoms with Crippen molar-refractivity contribution in [2.75, 3.05) is 6.54 Å². The van der Waals surface area contributed by atoms with Gasteiger partial charge in [-0.15, -0.1) is 0 Å². The zero-order chi connectivity index (χ0) is 13.9. The summed E-state index contributed by atoms with van der Waals surface area (Å²) in [5.74, 6) is 0.202. The third kappa shape index (κ3) is 2.66. The van der Waals surface area contributed by atoms with Crippen molar-refractivity contribution in [2.24, 2.45) is 0 Å². The lowest BCUT2D eigenvalue weighted by molar-refractivity contribution is 0.0992. The average Bonchev–Trinajstić information content (AvgIpc) is 2.49. The van der Waals surface area contributed by atoms with Gasteiger partial charge in [0.25, 0.3) is 0 Å². The maximum atomic E-state index is 12.4. The van der Waals surface area contributed by atoms with Gasteiger partial charge in [0.15, 0.2) is 5.78 Å². The van der Waals surface area contributed by atoms with Crippen molar-refractivity contribution in [1.82, 2.24) is 5.32 Å². The molecule has 0 atom stereocenters. The second kappa shape index (κ2) is 5.59. The van der Waals surface area contributed by atoms with Gasteiger partial charge in [-0.2, -0.15) is 0 Å². The number of rotatable bonds is 3. The van der Waals surface area contributed by atoms with Gasteiger partial charge < -0.3 is 5.32 Å². The van der Waals surface area contributed by atoms with Gasteiger partial charge in [0.1, 0.15) is 0 Å². The number of Topliss-reactive ketones (excluding diaryl/α,β-unsaturated/α-hetero) is 1. The zero-order valence-electron chi connectivity index (χ0n) is 11.8. The molecule has 1 aliphatic rings. The maximum absolute atomic E-state index is 12.4. The smallest absolute Gasteiger partial charge is 0.167 e. The van der Waals surface area contributed by atoms with E-state index in [2.05, 4.69) is 30.4 Å². The van der Waals surface area contributed by atoms with E-state index in [9.17, 15) is 4.79 Å². The number of fused-ring (bicyclic) bond motifs is 1. The van der Waals surface area contributed by atoms with Crippen LogP contribution in [0.15, 0.2) is 42.5 Å². The first-order valence-corrected chi connectivity index (χ1v) is 7.14. The van der Waals surface area contributed by atoms with Crippen LogP contribution >= 0.6 is 0 Å². The van der Waals surface area contributed by atoms with Crippen LogP contribution in [0.2, 0.25) is 0 Å². The molecule has 2 nitrogen and oxygen atoms in total. The van der Waals surface area contributed by atoms with Crippen LogP contribution in [-0.2, 0) is 19.4 Å². The van der Waals surface area contributed by atoms with E-state index in [0.717, 1.165) is 30.6 Å². The minimum Gasteiger partial charge on any atom is -0.312 e. The van der Waals surface area contributed by atoms with Gasteiger partial charge >= 0.3 is 0 Å². The molecule has 0 aliphatic carbocycles. The molecule has 3 rings (SSSR count). The van der Waals surface area contributed by atoms with Gasteiger partial charge in [-0.25, -0.2) is 0 Å². The number of carbonyl (C=O) groups excluding carboxylic acids is 1. The number of hydrogen-bond acceptors (Lipinski definition) is 2. The van der Waals surface area contributed by atoms with Gasteiger partial charge in [-0.1, -0.05) is 36.4 Å². The Bertz CT molecular complexity index is 646. The maximum Gasteiger partial charge on any atom is 0.167 e. The predicted molar refractivity (Wildman–Crippen MR) is 81.1 cm³/mol. The molecule has 2 heteroatoms. The van der Waals surface area contributed by atoms with Crippen molar-refractivity contribution in [3.63, 3.8) is 0 Å². The normalized spacial score (nSPS) is 13.8. The summed E-state index contributed by atoms with van der Waals surface area (Å²) in [4.78, 5) is 12.4. The molecule has 1 aliphatic heterocycles. The van der Waals surface area contributed by atoms with Crippen LogP contribution in [0.1, 0.15) is 32.6 Å². The van der Waals surface area contributed by atoms with E-state index < -0.39 is 0 Å². The summed E-state index contributed by atoms with van der Waals surface area (Å²) in [5, 5.41) is 3.35. The Morgan fingerprint density at radius 2 is 2.00 bits per heavy atom. The van der Waals surface area contributed by atoms with E-state index >= 15 is 0 Å². The highest BCUT2D eigenvalue weighted by Crippen LogP contribution is 2.18. The molecule has 0 saturated carbocycles. The molecular weight excluding hydrogens is 246 g/mol. The van der Waals surface area contributed by atoms with Crippen molar-refractivity contribution in [3.8, 4) is 0 Å². The summed E-state index contributed by atoms with van der Waals surface area (Å²) >= 11 is 0. The van der Waals surface area contributed by atoms with Gasteiger partial charge in [0.05, 0.1) is 0 Å². The van der Waals surface area contributed by atoms with Crippen molar-refractivity contribution in [1.29, 1.82) is 0 Å². The van der Waals surface area contributed by atoms with E-state index in [1.54, 1.807) is 0 Å². The van der Waals surface area contributed by atoms with E-state index in [0.29, 0.717) is 6.42 Å². The minimum atomic E-state index is 0.202. The van der Waals surface area contributed by atoms with Gasteiger partial charge in [0.2, 0.25) is 0 Å². The molecule has 0 aromatic heterocycles. The largest absolute Gasteiger partial charge is 0.312 e. The Kier molecular flexibility index (Phi) is 3.66. The van der Waals surface area contributed by atoms with Crippen LogP contribution in [0.4, 0.5) is 0 Å². The summed E-state index contributed by atoms with van der Waals surface area (Å²) in [6, 6.07) is 14.2. The Morgan fingerprint density at radius 3 is 2.85 bits per heavy atom. The second-order valence-corrected chi connectivity index (χ2v) is 5.44. The van der Waals surface area contributed by atoms with Gasteiger partial charge in [-0.3, -0.25) is 4.79 Å². The number of hydrogen-bond donors (Lipinski definition) is 1. The first kappa shape index (κ1) is 13.1. The van der Waals surface area contributed by atoms with Crippen molar-refractivity contribution >= 4 is 5.78 Å². The van der Waals surface area contributed by atoms with Crippen LogP contribution in [0, 0.1) is 6.92 Å². The minimum absolute atomic E-state index is 0.202. The van der Waals surface area contributed by atoms with E-state index in [1.165, 1.54) is 16.7 Å². The SMILES string of the molecule is Cc1ccccc1CC(=O)c1ccc2c(c1)CNCC2. The molecule has 1 N–H and O–H groups in total. The van der Waals surface area contributed by atoms with Gasteiger partial charge in [-0.05, 0) is 48.2 Å². The number of nitrogens with one attached hydrogen (secondary N) is 1. The van der Waals surface area contributed by atoms with Crippen molar-refractivity contribution in [2.45, 2.75) is 26.3 Å². The molecule has 20 heavy (non-hydrogen) atoms. The molecule has 0 radical (unpaired) electrons. The molecule has 0 saturated heterocycles. The molecular formula is C18H19NO. The van der Waals surface area contributed by atoms with Crippen LogP contribution in [-0.4, -0.2) is 12.3 Å². The van der Waals surface area contributed by atoms with Crippen molar-refractivity contribution in [3.05, 3.63) is 70.3 Å². The lowest BCUT2D eigenvalue weighted by Gasteiger charge is -2.17. The molecule has 2 aromatic carbocycles. The highest BCUT2D eigenvalue weighted by molar-refractivity contribution is 5.97. The second-order valence-electron chi connectivity index (χ2n) is 5.44. The average molecular weight is 265 g/mol. The highest BCUT2D eigenvalue weighted by Gasteiger charge is 2.13. The van der Waals surface area contributed by atoms with Crippen LogP contribution < -0.4 is 5.32 Å². The number of ketones is 1. The molecule has 0 bridgehead atoms.